The summed E-state index contributed by atoms with van der Waals surface area (Å²) in [4.78, 5) is 27.6. The summed E-state index contributed by atoms with van der Waals surface area (Å²) < 4.78 is 18.8. The molecule has 0 aromatic heterocycles. The van der Waals surface area contributed by atoms with Gasteiger partial charge in [0.15, 0.2) is 0 Å². The van der Waals surface area contributed by atoms with Crippen molar-refractivity contribution < 1.29 is 18.7 Å². The van der Waals surface area contributed by atoms with Crippen LogP contribution in [0.3, 0.4) is 0 Å². The summed E-state index contributed by atoms with van der Waals surface area (Å²) in [5.74, 6) is -0.784. The predicted molar refractivity (Wildman–Crippen MR) is 108 cm³/mol. The van der Waals surface area contributed by atoms with Crippen LogP contribution < -0.4 is 5.32 Å². The first-order valence-electron chi connectivity index (χ1n) is 9.36. The molecule has 1 aromatic carbocycles. The molecule has 0 spiro atoms. The van der Waals surface area contributed by atoms with E-state index in [4.69, 9.17) is 16.3 Å². The third kappa shape index (κ3) is 5.34. The number of nitriles is 1. The minimum atomic E-state index is -0.817. The van der Waals surface area contributed by atoms with Gasteiger partial charge in [0.1, 0.15) is 23.0 Å². The average molecular weight is 440 g/mol. The van der Waals surface area contributed by atoms with Gasteiger partial charge in [-0.25, -0.2) is 9.18 Å². The maximum absolute atomic E-state index is 13.3. The second-order valence-electron chi connectivity index (χ2n) is 8.38. The van der Waals surface area contributed by atoms with E-state index in [2.05, 4.69) is 11.4 Å². The van der Waals surface area contributed by atoms with Crippen LogP contribution in [0, 0.1) is 17.1 Å². The molecule has 1 saturated heterocycles. The summed E-state index contributed by atoms with van der Waals surface area (Å²) in [6, 6.07) is 5.53. The monoisotopic (exact) mass is 439 g/mol. The van der Waals surface area contributed by atoms with Gasteiger partial charge >= 0.3 is 6.09 Å². The van der Waals surface area contributed by atoms with Crippen molar-refractivity contribution in [3.8, 4) is 6.07 Å². The number of nitrogens with one attached hydrogen (secondary N) is 1. The fraction of sp³-hybridized carbons (Fsp3) is 0.550. The van der Waals surface area contributed by atoms with Crippen molar-refractivity contribution >= 4 is 35.4 Å². The van der Waals surface area contributed by atoms with Gasteiger partial charge in [-0.05, 0) is 58.2 Å². The molecule has 9 heteroatoms. The van der Waals surface area contributed by atoms with Crippen LogP contribution >= 0.6 is 23.4 Å². The first-order valence-corrected chi connectivity index (χ1v) is 10.6. The van der Waals surface area contributed by atoms with Crippen molar-refractivity contribution in [1.29, 1.82) is 5.26 Å². The molecular formula is C20H23ClFN3O3S. The Labute approximate surface area is 178 Å². The highest BCUT2D eigenvalue weighted by atomic mass is 35.5. The second kappa shape index (κ2) is 8.04. The van der Waals surface area contributed by atoms with E-state index in [-0.39, 0.29) is 22.7 Å². The van der Waals surface area contributed by atoms with Gasteiger partial charge < -0.3 is 10.1 Å². The largest absolute Gasteiger partial charge is 0.444 e. The van der Waals surface area contributed by atoms with E-state index in [1.165, 1.54) is 28.8 Å². The Bertz CT molecular complexity index is 864. The Kier molecular flexibility index (Phi) is 6.02. The fourth-order valence-corrected chi connectivity index (χ4v) is 4.60. The summed E-state index contributed by atoms with van der Waals surface area (Å²) in [7, 11) is 0. The first kappa shape index (κ1) is 21.7. The average Bonchev–Trinajstić information content (AvgIpc) is 3.25. The van der Waals surface area contributed by atoms with E-state index in [0.717, 1.165) is 0 Å². The topological polar surface area (TPSA) is 82.4 Å². The van der Waals surface area contributed by atoms with Crippen LogP contribution in [-0.2, 0) is 9.53 Å². The highest BCUT2D eigenvalue weighted by molar-refractivity contribution is 8.00. The molecule has 2 aliphatic rings. The van der Waals surface area contributed by atoms with Crippen molar-refractivity contribution in [3.63, 3.8) is 0 Å². The minimum absolute atomic E-state index is 0.126. The number of nitrogens with zero attached hydrogens (tertiary/aromatic N) is 2. The van der Waals surface area contributed by atoms with E-state index in [0.29, 0.717) is 24.2 Å². The molecule has 29 heavy (non-hydrogen) atoms. The van der Waals surface area contributed by atoms with Crippen molar-refractivity contribution in [2.75, 3.05) is 6.54 Å². The molecule has 2 fully saturated rings. The maximum atomic E-state index is 13.3. The quantitative estimate of drug-likeness (QED) is 0.762. The van der Waals surface area contributed by atoms with E-state index in [1.54, 1.807) is 26.8 Å². The van der Waals surface area contributed by atoms with Crippen LogP contribution in [0.2, 0.25) is 5.02 Å². The smallest absolute Gasteiger partial charge is 0.411 e. The highest BCUT2D eigenvalue weighted by Gasteiger charge is 2.49. The number of rotatable bonds is 4. The summed E-state index contributed by atoms with van der Waals surface area (Å²) >= 11 is 7.52. The molecule has 1 aliphatic heterocycles. The Hall–Kier alpha value is -1.98. The summed E-state index contributed by atoms with van der Waals surface area (Å²) in [5.41, 5.74) is -1.52. The van der Waals surface area contributed by atoms with Crippen LogP contribution in [0.1, 0.15) is 40.0 Å². The molecule has 1 saturated carbocycles. The fourth-order valence-electron chi connectivity index (χ4n) is 3.11. The third-order valence-corrected chi connectivity index (χ3v) is 6.42. The van der Waals surface area contributed by atoms with E-state index in [9.17, 15) is 19.2 Å². The number of amides is 2. The molecule has 2 atom stereocenters. The van der Waals surface area contributed by atoms with Gasteiger partial charge in [0.05, 0.1) is 11.1 Å². The van der Waals surface area contributed by atoms with Crippen molar-refractivity contribution in [1.82, 2.24) is 10.2 Å². The molecule has 0 radical (unpaired) electrons. The van der Waals surface area contributed by atoms with Gasteiger partial charge in [-0.1, -0.05) is 11.6 Å². The first-order chi connectivity index (χ1) is 13.5. The van der Waals surface area contributed by atoms with Gasteiger partial charge in [0, 0.05) is 16.7 Å². The molecule has 0 bridgehead atoms. The molecule has 3 rings (SSSR count). The molecule has 6 nitrogen and oxygen atoms in total. The summed E-state index contributed by atoms with van der Waals surface area (Å²) in [6.45, 7) is 5.56. The lowest BCUT2D eigenvalue weighted by molar-refractivity contribution is -0.126. The third-order valence-electron chi connectivity index (χ3n) is 4.71. The lowest BCUT2D eigenvalue weighted by atomic mass is 10.2. The molecule has 156 valence electrons. The van der Waals surface area contributed by atoms with Crippen LogP contribution in [0.25, 0.3) is 0 Å². The molecule has 1 N–H and O–H groups in total. The second-order valence-corrected chi connectivity index (χ2v) is 10.1. The maximum Gasteiger partial charge on any atom is 0.411 e. The van der Waals surface area contributed by atoms with Gasteiger partial charge in [-0.2, -0.15) is 5.26 Å². The van der Waals surface area contributed by atoms with Crippen LogP contribution in [-0.4, -0.2) is 45.9 Å². The molecule has 2 unspecified atom stereocenters. The zero-order chi connectivity index (χ0) is 21.4. The van der Waals surface area contributed by atoms with E-state index < -0.39 is 29.1 Å². The number of carbonyl (C=O) groups is 2. The molecular weight excluding hydrogens is 417 g/mol. The van der Waals surface area contributed by atoms with E-state index in [1.807, 2.05) is 0 Å². The number of hydrogen-bond acceptors (Lipinski definition) is 5. The number of benzene rings is 1. The van der Waals surface area contributed by atoms with Crippen molar-refractivity contribution in [2.45, 2.75) is 67.4 Å². The minimum Gasteiger partial charge on any atom is -0.444 e. The highest BCUT2D eigenvalue weighted by Crippen LogP contribution is 2.39. The van der Waals surface area contributed by atoms with Gasteiger partial charge in [0.2, 0.25) is 5.91 Å². The number of likely N-dealkylation sites (tertiary alicyclic amines) is 1. The lowest BCUT2D eigenvalue weighted by Gasteiger charge is -2.28. The number of ether oxygens (including phenoxy) is 1. The van der Waals surface area contributed by atoms with Crippen molar-refractivity contribution in [2.24, 2.45) is 0 Å². The Balaban J connectivity index is 1.76. The summed E-state index contributed by atoms with van der Waals surface area (Å²) in [5, 5.41) is 12.2. The number of carbonyl (C=O) groups excluding carboxylic acids is 2. The SMILES string of the molecule is CC(C)(C)OC(=O)N1CC(Sc2ccc(F)cc2Cl)CC1C(=O)NC1(C#N)CC1. The molecule has 1 aliphatic carbocycles. The Morgan fingerprint density at radius 2 is 2.10 bits per heavy atom. The Morgan fingerprint density at radius 1 is 1.41 bits per heavy atom. The van der Waals surface area contributed by atoms with Crippen LogP contribution in [0.4, 0.5) is 9.18 Å². The molecule has 1 heterocycles. The van der Waals surface area contributed by atoms with Crippen LogP contribution in [0.5, 0.6) is 0 Å². The zero-order valence-corrected chi connectivity index (χ0v) is 18.1. The van der Waals surface area contributed by atoms with Gasteiger partial charge in [-0.3, -0.25) is 9.69 Å². The number of hydrogen-bond donors (Lipinski definition) is 1. The number of thioether (sulfide) groups is 1. The Morgan fingerprint density at radius 3 is 2.66 bits per heavy atom. The van der Waals surface area contributed by atoms with Gasteiger partial charge in [-0.15, -0.1) is 11.8 Å². The zero-order valence-electron chi connectivity index (χ0n) is 16.5. The lowest BCUT2D eigenvalue weighted by Crippen LogP contribution is -2.50. The number of halogens is 2. The molecule has 2 amide bonds. The van der Waals surface area contributed by atoms with Gasteiger partial charge in [0.25, 0.3) is 0 Å². The normalized spacial score (nSPS) is 22.7. The van der Waals surface area contributed by atoms with E-state index >= 15 is 0 Å². The van der Waals surface area contributed by atoms with Crippen LogP contribution in [0.15, 0.2) is 23.1 Å². The summed E-state index contributed by atoms with van der Waals surface area (Å²) in [6.07, 6.45) is 1.02. The standard InChI is InChI=1S/C20H23ClFN3O3S/c1-19(2,3)28-18(27)25-10-13(29-16-5-4-12(22)8-14(16)21)9-15(25)17(26)24-20(11-23)6-7-20/h4-5,8,13,15H,6-7,9-10H2,1-3H3,(H,24,26). The molecule has 1 aromatic rings. The predicted octanol–water partition coefficient (Wildman–Crippen LogP) is 4.12. The van der Waals surface area contributed by atoms with Crippen molar-refractivity contribution in [3.05, 3.63) is 29.0 Å².